The highest BCUT2D eigenvalue weighted by molar-refractivity contribution is 5.92. The molecule has 0 N–H and O–H groups in total. The minimum Gasteiger partial charge on any atom is -0.451 e. The lowest BCUT2D eigenvalue weighted by molar-refractivity contribution is -0.129. The number of carbonyl (C=O) groups is 1. The van der Waals surface area contributed by atoms with Gasteiger partial charge in [-0.25, -0.2) is 4.98 Å². The van der Waals surface area contributed by atoms with E-state index in [4.69, 9.17) is 13.9 Å². The Labute approximate surface area is 139 Å². The van der Waals surface area contributed by atoms with E-state index in [1.165, 1.54) is 12.7 Å². The van der Waals surface area contributed by atoms with E-state index in [2.05, 4.69) is 9.97 Å². The summed E-state index contributed by atoms with van der Waals surface area (Å²) in [6.45, 7) is 2.98. The van der Waals surface area contributed by atoms with Gasteiger partial charge < -0.3 is 18.8 Å². The molecule has 126 valence electrons. The van der Waals surface area contributed by atoms with E-state index in [0.717, 1.165) is 12.1 Å². The number of amides is 1. The zero-order chi connectivity index (χ0) is 16.4. The minimum absolute atomic E-state index is 0.113. The summed E-state index contributed by atoms with van der Waals surface area (Å²) in [5.74, 6) is 0.181. The van der Waals surface area contributed by atoms with E-state index in [-0.39, 0.29) is 11.5 Å². The molecule has 0 aliphatic carbocycles. The molecule has 4 rings (SSSR count). The van der Waals surface area contributed by atoms with Crippen LogP contribution in [0.15, 0.2) is 41.5 Å². The summed E-state index contributed by atoms with van der Waals surface area (Å²) in [6, 6.07) is 5.78. The van der Waals surface area contributed by atoms with Gasteiger partial charge in [0, 0.05) is 18.7 Å². The molecule has 0 radical (unpaired) electrons. The fraction of sp³-hybridized carbons (Fsp3) is 0.471. The zero-order valence-electron chi connectivity index (χ0n) is 13.3. The molecule has 4 heterocycles. The predicted molar refractivity (Wildman–Crippen MR) is 83.1 cm³/mol. The van der Waals surface area contributed by atoms with Crippen molar-refractivity contribution in [1.29, 1.82) is 0 Å². The number of pyridine rings is 1. The van der Waals surface area contributed by atoms with E-state index in [1.54, 1.807) is 11.1 Å². The summed E-state index contributed by atoms with van der Waals surface area (Å²) in [5, 5.41) is 0. The highest BCUT2D eigenvalue weighted by Crippen LogP contribution is 2.40. The van der Waals surface area contributed by atoms with Gasteiger partial charge in [-0.15, -0.1) is 0 Å². The molecule has 0 bridgehead atoms. The average Bonchev–Trinajstić information content (AvgIpc) is 3.24. The number of rotatable bonds is 5. The van der Waals surface area contributed by atoms with E-state index >= 15 is 0 Å². The molecule has 2 aliphatic heterocycles. The third kappa shape index (κ3) is 2.81. The van der Waals surface area contributed by atoms with Gasteiger partial charge in [0.1, 0.15) is 11.9 Å². The summed E-state index contributed by atoms with van der Waals surface area (Å²) in [6.07, 6.45) is 5.35. The smallest absolute Gasteiger partial charge is 0.276 e. The third-order valence-electron chi connectivity index (χ3n) is 4.75. The Bertz CT molecular complexity index is 683. The highest BCUT2D eigenvalue weighted by Gasteiger charge is 2.54. The lowest BCUT2D eigenvalue weighted by Gasteiger charge is -2.49. The molecule has 0 aromatic carbocycles. The summed E-state index contributed by atoms with van der Waals surface area (Å²) >= 11 is 0. The third-order valence-corrected chi connectivity index (χ3v) is 4.75. The van der Waals surface area contributed by atoms with Gasteiger partial charge in [-0.05, 0) is 18.6 Å². The second-order valence-electron chi connectivity index (χ2n) is 6.27. The van der Waals surface area contributed by atoms with Crippen LogP contribution in [0, 0.1) is 5.92 Å². The van der Waals surface area contributed by atoms with Crippen molar-refractivity contribution in [3.8, 4) is 0 Å². The van der Waals surface area contributed by atoms with Crippen LogP contribution in [0.4, 0.5) is 0 Å². The maximum Gasteiger partial charge on any atom is 0.276 e. The fourth-order valence-corrected chi connectivity index (χ4v) is 3.38. The molecule has 0 saturated carbocycles. The number of nitrogens with zero attached hydrogens (tertiary/aromatic N) is 3. The number of likely N-dealkylation sites (tertiary alicyclic amines) is 1. The summed E-state index contributed by atoms with van der Waals surface area (Å²) < 4.78 is 16.7. The maximum atomic E-state index is 12.2. The zero-order valence-corrected chi connectivity index (χ0v) is 13.3. The van der Waals surface area contributed by atoms with Crippen LogP contribution in [0.5, 0.6) is 0 Å². The summed E-state index contributed by atoms with van der Waals surface area (Å²) in [4.78, 5) is 22.1. The van der Waals surface area contributed by atoms with Gasteiger partial charge in [-0.2, -0.15) is 0 Å². The van der Waals surface area contributed by atoms with Crippen molar-refractivity contribution < 1.29 is 18.7 Å². The number of ether oxygens (including phenoxy) is 2. The standard InChI is InChI=1S/C17H19N3O4/c21-16(15-9-23-12-19-15)20-10-17(11-20)13(4-6-24-17)7-22-8-14-3-1-2-5-18-14/h1-3,5,9,12-13H,4,6-8,10-11H2. The van der Waals surface area contributed by atoms with Gasteiger partial charge in [0.2, 0.25) is 0 Å². The number of hydrogen-bond acceptors (Lipinski definition) is 6. The van der Waals surface area contributed by atoms with E-state index in [1.807, 2.05) is 18.2 Å². The van der Waals surface area contributed by atoms with Crippen LogP contribution in [0.2, 0.25) is 0 Å². The molecule has 7 heteroatoms. The predicted octanol–water partition coefficient (Wildman–Crippen LogP) is 1.52. The van der Waals surface area contributed by atoms with Crippen molar-refractivity contribution >= 4 is 5.91 Å². The fourth-order valence-electron chi connectivity index (χ4n) is 3.38. The van der Waals surface area contributed by atoms with Crippen LogP contribution in [0.3, 0.4) is 0 Å². The van der Waals surface area contributed by atoms with E-state index < -0.39 is 0 Å². The minimum atomic E-state index is -0.274. The molecule has 1 atom stereocenters. The molecule has 2 aliphatic rings. The first-order chi connectivity index (χ1) is 11.8. The van der Waals surface area contributed by atoms with Gasteiger partial charge in [0.15, 0.2) is 12.1 Å². The van der Waals surface area contributed by atoms with Gasteiger partial charge >= 0.3 is 0 Å². The van der Waals surface area contributed by atoms with Crippen LogP contribution in [0.1, 0.15) is 22.6 Å². The van der Waals surface area contributed by atoms with Crippen molar-refractivity contribution in [3.05, 3.63) is 48.4 Å². The van der Waals surface area contributed by atoms with Crippen molar-refractivity contribution in [3.63, 3.8) is 0 Å². The highest BCUT2D eigenvalue weighted by atomic mass is 16.5. The molecule has 24 heavy (non-hydrogen) atoms. The largest absolute Gasteiger partial charge is 0.451 e. The normalized spacial score (nSPS) is 21.8. The van der Waals surface area contributed by atoms with Crippen molar-refractivity contribution in [2.24, 2.45) is 5.92 Å². The molecular weight excluding hydrogens is 310 g/mol. The molecule has 1 amide bonds. The second kappa shape index (κ2) is 6.33. The van der Waals surface area contributed by atoms with Crippen LogP contribution in [0.25, 0.3) is 0 Å². The monoisotopic (exact) mass is 329 g/mol. The van der Waals surface area contributed by atoms with Gasteiger partial charge in [0.05, 0.1) is 32.0 Å². The first-order valence-electron chi connectivity index (χ1n) is 8.06. The summed E-state index contributed by atoms with van der Waals surface area (Å²) in [7, 11) is 0. The Balaban J connectivity index is 1.30. The Morgan fingerprint density at radius 2 is 2.29 bits per heavy atom. The van der Waals surface area contributed by atoms with Crippen molar-refractivity contribution in [2.45, 2.75) is 18.6 Å². The molecule has 1 unspecified atom stereocenters. The molecule has 7 nitrogen and oxygen atoms in total. The Kier molecular flexibility index (Phi) is 4.03. The number of hydrogen-bond donors (Lipinski definition) is 0. The van der Waals surface area contributed by atoms with Crippen LogP contribution < -0.4 is 0 Å². The maximum absolute atomic E-state index is 12.2. The van der Waals surface area contributed by atoms with Gasteiger partial charge in [0.25, 0.3) is 5.91 Å². The molecule has 2 fully saturated rings. The molecule has 2 aromatic rings. The molecule has 2 aromatic heterocycles. The van der Waals surface area contributed by atoms with Gasteiger partial charge in [-0.3, -0.25) is 9.78 Å². The quantitative estimate of drug-likeness (QED) is 0.827. The van der Waals surface area contributed by atoms with Crippen LogP contribution >= 0.6 is 0 Å². The first kappa shape index (κ1) is 15.3. The number of oxazole rings is 1. The Morgan fingerprint density at radius 1 is 1.38 bits per heavy atom. The average molecular weight is 329 g/mol. The topological polar surface area (TPSA) is 77.7 Å². The number of aromatic nitrogens is 2. The SMILES string of the molecule is O=C(c1cocn1)N1CC2(C1)OCCC2COCc1ccccn1. The van der Waals surface area contributed by atoms with Crippen molar-refractivity contribution in [2.75, 3.05) is 26.3 Å². The van der Waals surface area contributed by atoms with Crippen molar-refractivity contribution in [1.82, 2.24) is 14.9 Å². The lowest BCUT2D eigenvalue weighted by atomic mass is 9.81. The van der Waals surface area contributed by atoms with Crippen LogP contribution in [-0.2, 0) is 16.1 Å². The molecule has 1 spiro atoms. The lowest BCUT2D eigenvalue weighted by Crippen LogP contribution is -2.66. The summed E-state index contributed by atoms with van der Waals surface area (Å²) in [5.41, 5.74) is 0.983. The first-order valence-corrected chi connectivity index (χ1v) is 8.06. The Morgan fingerprint density at radius 3 is 3.04 bits per heavy atom. The second-order valence-corrected chi connectivity index (χ2v) is 6.27. The number of carbonyl (C=O) groups excluding carboxylic acids is 1. The van der Waals surface area contributed by atoms with E-state index in [0.29, 0.717) is 44.5 Å². The molecule has 2 saturated heterocycles. The van der Waals surface area contributed by atoms with Gasteiger partial charge in [-0.1, -0.05) is 6.07 Å². The van der Waals surface area contributed by atoms with Crippen LogP contribution in [-0.4, -0.2) is 52.7 Å². The Hall–Kier alpha value is -2.25. The molecular formula is C17H19N3O4. The van der Waals surface area contributed by atoms with E-state index in [9.17, 15) is 4.79 Å².